The van der Waals surface area contributed by atoms with Crippen LogP contribution in [0.1, 0.15) is 74.3 Å². The highest BCUT2D eigenvalue weighted by molar-refractivity contribution is 5.73. The summed E-state index contributed by atoms with van der Waals surface area (Å²) in [5, 5.41) is 18.8. The lowest BCUT2D eigenvalue weighted by Gasteiger charge is -2.34. The number of carboxylic acid groups (broad SMARTS) is 1. The van der Waals surface area contributed by atoms with Crippen LogP contribution in [0.2, 0.25) is 0 Å². The Kier molecular flexibility index (Phi) is 8.06. The minimum atomic E-state index is -4.58. The van der Waals surface area contributed by atoms with Crippen molar-refractivity contribution in [3.8, 4) is 11.8 Å². The van der Waals surface area contributed by atoms with Gasteiger partial charge < -0.3 is 9.84 Å². The molecule has 0 saturated carbocycles. The van der Waals surface area contributed by atoms with Crippen LogP contribution in [0.5, 0.6) is 5.75 Å². The summed E-state index contributed by atoms with van der Waals surface area (Å²) >= 11 is 0. The quantitative estimate of drug-likeness (QED) is 0.514. The molecule has 1 saturated heterocycles. The van der Waals surface area contributed by atoms with E-state index in [4.69, 9.17) is 10.00 Å². The van der Waals surface area contributed by atoms with E-state index in [1.807, 2.05) is 13.0 Å². The van der Waals surface area contributed by atoms with Crippen molar-refractivity contribution in [1.82, 2.24) is 9.88 Å². The van der Waals surface area contributed by atoms with Crippen molar-refractivity contribution in [2.75, 3.05) is 6.54 Å². The normalized spacial score (nSPS) is 17.1. The average molecular weight is 490 g/mol. The van der Waals surface area contributed by atoms with Gasteiger partial charge in [0.1, 0.15) is 24.5 Å². The molecule has 1 aliphatic rings. The van der Waals surface area contributed by atoms with E-state index in [-0.39, 0.29) is 30.0 Å². The Balaban J connectivity index is 2.07. The fourth-order valence-corrected chi connectivity index (χ4v) is 4.33. The fraction of sp³-hybridized carbons (Fsp3) is 0.500. The Morgan fingerprint density at radius 1 is 1.23 bits per heavy atom. The van der Waals surface area contributed by atoms with E-state index < -0.39 is 29.2 Å². The molecular weight excluding hydrogens is 459 g/mol. The first-order chi connectivity index (χ1) is 16.5. The van der Waals surface area contributed by atoms with Gasteiger partial charge in [0.05, 0.1) is 11.1 Å². The van der Waals surface area contributed by atoms with Gasteiger partial charge in [0, 0.05) is 30.1 Å². The predicted octanol–water partition coefficient (Wildman–Crippen LogP) is 5.68. The maximum atomic E-state index is 14.2. The summed E-state index contributed by atoms with van der Waals surface area (Å²) in [5.41, 5.74) is -0.132. The topological polar surface area (TPSA) is 86.5 Å². The summed E-state index contributed by atoms with van der Waals surface area (Å²) in [6.45, 7) is 5.86. The van der Waals surface area contributed by atoms with E-state index in [0.29, 0.717) is 30.5 Å². The Labute approximate surface area is 203 Å². The smallest absolute Gasteiger partial charge is 0.416 e. The highest BCUT2D eigenvalue weighted by atomic mass is 19.4. The summed E-state index contributed by atoms with van der Waals surface area (Å²) in [6, 6.07) is 5.41. The summed E-state index contributed by atoms with van der Waals surface area (Å²) in [7, 11) is 0. The summed E-state index contributed by atoms with van der Waals surface area (Å²) in [4.78, 5) is 17.5. The number of pyridine rings is 1. The van der Waals surface area contributed by atoms with Crippen LogP contribution >= 0.6 is 0 Å². The van der Waals surface area contributed by atoms with Crippen molar-refractivity contribution in [2.45, 2.75) is 77.2 Å². The SMILES string of the molecule is CCC(C)(C)c1cc(OCc2cncc(C#N)c2)c(CN2CCCC[C@H]2C(=O)O)cc1C(F)(F)F. The molecule has 6 nitrogen and oxygen atoms in total. The van der Waals surface area contributed by atoms with Crippen molar-refractivity contribution < 1.29 is 27.8 Å². The third-order valence-corrected chi connectivity index (χ3v) is 6.71. The first kappa shape index (κ1) is 26.5. The molecule has 0 unspecified atom stereocenters. The Morgan fingerprint density at radius 3 is 2.60 bits per heavy atom. The van der Waals surface area contributed by atoms with Gasteiger partial charge in [-0.1, -0.05) is 27.2 Å². The number of benzene rings is 1. The number of piperidine rings is 1. The molecule has 0 amide bonds. The second kappa shape index (κ2) is 10.6. The Morgan fingerprint density at radius 2 is 1.97 bits per heavy atom. The molecule has 1 atom stereocenters. The number of alkyl halides is 3. The first-order valence-corrected chi connectivity index (χ1v) is 11.6. The van der Waals surface area contributed by atoms with Crippen LogP contribution in [0.4, 0.5) is 13.2 Å². The van der Waals surface area contributed by atoms with Gasteiger partial charge in [0.15, 0.2) is 0 Å². The summed E-state index contributed by atoms with van der Waals surface area (Å²) in [6.07, 6.45) is 0.843. The number of ether oxygens (including phenoxy) is 1. The van der Waals surface area contributed by atoms with Gasteiger partial charge in [0.25, 0.3) is 0 Å². The lowest BCUT2D eigenvalue weighted by Crippen LogP contribution is -2.44. The number of nitriles is 1. The van der Waals surface area contributed by atoms with Gasteiger partial charge in [0.2, 0.25) is 0 Å². The van der Waals surface area contributed by atoms with Crippen molar-refractivity contribution in [3.63, 3.8) is 0 Å². The molecule has 0 radical (unpaired) electrons. The van der Waals surface area contributed by atoms with Crippen LogP contribution in [-0.2, 0) is 29.5 Å². The monoisotopic (exact) mass is 489 g/mol. The largest absolute Gasteiger partial charge is 0.489 e. The van der Waals surface area contributed by atoms with E-state index in [0.717, 1.165) is 18.9 Å². The maximum Gasteiger partial charge on any atom is 0.416 e. The second-order valence-electron chi connectivity index (χ2n) is 9.54. The lowest BCUT2D eigenvalue weighted by molar-refractivity contribution is -0.145. The van der Waals surface area contributed by atoms with E-state index >= 15 is 0 Å². The van der Waals surface area contributed by atoms with E-state index in [9.17, 15) is 23.1 Å². The second-order valence-corrected chi connectivity index (χ2v) is 9.54. The third kappa shape index (κ3) is 6.31. The molecule has 1 aliphatic heterocycles. The van der Waals surface area contributed by atoms with Gasteiger partial charge in [-0.15, -0.1) is 0 Å². The molecule has 3 rings (SSSR count). The van der Waals surface area contributed by atoms with E-state index in [2.05, 4.69) is 4.98 Å². The Hall–Kier alpha value is -3.12. The fourth-order valence-electron chi connectivity index (χ4n) is 4.33. The van der Waals surface area contributed by atoms with Crippen LogP contribution in [0.15, 0.2) is 30.6 Å². The number of halogens is 3. The van der Waals surface area contributed by atoms with Gasteiger partial charge >= 0.3 is 12.1 Å². The number of carbonyl (C=O) groups is 1. The van der Waals surface area contributed by atoms with Crippen molar-refractivity contribution >= 4 is 5.97 Å². The molecule has 1 N–H and O–H groups in total. The molecule has 0 aliphatic carbocycles. The lowest BCUT2D eigenvalue weighted by atomic mass is 9.78. The van der Waals surface area contributed by atoms with Gasteiger partial charge in [-0.3, -0.25) is 14.7 Å². The van der Waals surface area contributed by atoms with Crippen LogP contribution in [0.3, 0.4) is 0 Å². The van der Waals surface area contributed by atoms with Crippen LogP contribution in [-0.4, -0.2) is 33.5 Å². The van der Waals surface area contributed by atoms with Gasteiger partial charge in [-0.05, 0) is 55.0 Å². The molecule has 188 valence electrons. The molecule has 2 heterocycles. The molecule has 9 heteroatoms. The predicted molar refractivity (Wildman–Crippen MR) is 124 cm³/mol. The first-order valence-electron chi connectivity index (χ1n) is 11.6. The molecule has 2 aromatic rings. The third-order valence-electron chi connectivity index (χ3n) is 6.71. The van der Waals surface area contributed by atoms with Crippen LogP contribution < -0.4 is 4.74 Å². The molecular formula is C26H30F3N3O3. The van der Waals surface area contributed by atoms with Crippen molar-refractivity contribution in [3.05, 3.63) is 58.4 Å². The van der Waals surface area contributed by atoms with E-state index in [1.165, 1.54) is 18.5 Å². The summed E-state index contributed by atoms with van der Waals surface area (Å²) < 4.78 is 48.5. The molecule has 35 heavy (non-hydrogen) atoms. The van der Waals surface area contributed by atoms with Crippen LogP contribution in [0, 0.1) is 11.3 Å². The molecule has 1 aromatic carbocycles. The summed E-state index contributed by atoms with van der Waals surface area (Å²) in [5.74, 6) is -0.710. The average Bonchev–Trinajstić information content (AvgIpc) is 2.82. The van der Waals surface area contributed by atoms with Gasteiger partial charge in [-0.2, -0.15) is 18.4 Å². The minimum absolute atomic E-state index is 0.00916. The van der Waals surface area contributed by atoms with E-state index in [1.54, 1.807) is 24.8 Å². The zero-order valence-corrected chi connectivity index (χ0v) is 20.2. The number of aliphatic carboxylic acids is 1. The number of nitrogens with zero attached hydrogens (tertiary/aromatic N) is 3. The standard InChI is InChI=1S/C26H30F3N3O3/c1-4-25(2,3)20-11-23(35-16-18-9-17(12-30)13-31-14-18)19(10-21(20)26(27,28)29)15-32-8-6-5-7-22(32)24(33)34/h9-11,13-14,22H,4-8,15-16H2,1-3H3,(H,33,34)/t22-/m0/s1. The number of likely N-dealkylation sites (tertiary alicyclic amines) is 1. The number of rotatable bonds is 8. The highest BCUT2D eigenvalue weighted by Crippen LogP contribution is 2.43. The Bertz CT molecular complexity index is 1110. The highest BCUT2D eigenvalue weighted by Gasteiger charge is 2.39. The molecule has 1 aromatic heterocycles. The number of hydrogen-bond acceptors (Lipinski definition) is 5. The van der Waals surface area contributed by atoms with Crippen molar-refractivity contribution in [1.29, 1.82) is 5.26 Å². The minimum Gasteiger partial charge on any atom is -0.489 e. The van der Waals surface area contributed by atoms with Gasteiger partial charge in [-0.25, -0.2) is 0 Å². The zero-order chi connectivity index (χ0) is 25.8. The maximum absolute atomic E-state index is 14.2. The van der Waals surface area contributed by atoms with Crippen LogP contribution in [0.25, 0.3) is 0 Å². The number of hydrogen-bond donors (Lipinski definition) is 1. The molecule has 0 spiro atoms. The molecule has 0 bridgehead atoms. The number of aromatic nitrogens is 1. The number of carboxylic acids is 1. The van der Waals surface area contributed by atoms with Crippen molar-refractivity contribution in [2.24, 2.45) is 0 Å². The molecule has 1 fully saturated rings. The zero-order valence-electron chi connectivity index (χ0n) is 20.2.